The molecule has 4 saturated heterocycles. The van der Waals surface area contributed by atoms with Crippen LogP contribution in [-0.4, -0.2) is 119 Å². The Morgan fingerprint density at radius 2 is 1.60 bits per heavy atom. The van der Waals surface area contributed by atoms with Gasteiger partial charge in [0.05, 0.1) is 28.5 Å². The second-order valence-corrected chi connectivity index (χ2v) is 19.9. The van der Waals surface area contributed by atoms with Crippen molar-refractivity contribution in [2.45, 2.75) is 76.5 Å². The molecule has 3 aromatic carbocycles. The maximum absolute atomic E-state index is 13.3. The van der Waals surface area contributed by atoms with Crippen molar-refractivity contribution in [2.75, 3.05) is 68.7 Å². The number of halogens is 1. The van der Waals surface area contributed by atoms with Crippen LogP contribution in [0, 0.1) is 22.7 Å². The van der Waals surface area contributed by atoms with Crippen LogP contribution < -0.4 is 19.9 Å². The molecule has 0 bridgehead atoms. The second kappa shape index (κ2) is 17.2. The first-order valence-corrected chi connectivity index (χ1v) is 23.3. The third-order valence-corrected chi connectivity index (χ3v) is 15.3. The molecule has 1 N–H and O–H groups in total. The number of nitrogens with one attached hydrogen (secondary N) is 1. The highest BCUT2D eigenvalue weighted by molar-refractivity contribution is 6.30. The van der Waals surface area contributed by atoms with Gasteiger partial charge in [0, 0.05) is 86.5 Å². The van der Waals surface area contributed by atoms with E-state index in [2.05, 4.69) is 61.9 Å². The zero-order valence-corrected chi connectivity index (χ0v) is 37.7. The van der Waals surface area contributed by atoms with E-state index in [4.69, 9.17) is 21.3 Å². The first kappa shape index (κ1) is 43.0. The van der Waals surface area contributed by atoms with Gasteiger partial charge in [-0.15, -0.1) is 0 Å². The molecule has 4 amide bonds. The summed E-state index contributed by atoms with van der Waals surface area (Å²) in [5.41, 5.74) is 5.15. The number of piperidine rings is 2. The van der Waals surface area contributed by atoms with E-state index in [0.29, 0.717) is 45.7 Å². The average Bonchev–Trinajstić information content (AvgIpc) is 3.53. The summed E-state index contributed by atoms with van der Waals surface area (Å²) in [4.78, 5) is 70.9. The maximum atomic E-state index is 13.3. The molecule has 6 heterocycles. The van der Waals surface area contributed by atoms with Gasteiger partial charge in [-0.25, -0.2) is 9.97 Å². The van der Waals surface area contributed by atoms with Crippen LogP contribution in [-0.2, 0) is 21.6 Å². The van der Waals surface area contributed by atoms with Gasteiger partial charge in [-0.1, -0.05) is 37.6 Å². The lowest BCUT2D eigenvalue weighted by atomic mass is 9.60. The summed E-state index contributed by atoms with van der Waals surface area (Å²) < 4.78 is 6.16. The van der Waals surface area contributed by atoms with Crippen molar-refractivity contribution in [3.05, 3.63) is 111 Å². The van der Waals surface area contributed by atoms with Crippen molar-refractivity contribution < 1.29 is 23.9 Å². The number of nitrogens with zero attached hydrogens (tertiary/aromatic N) is 8. The topological polar surface area (TPSA) is 155 Å². The number of aromatic nitrogens is 2. The van der Waals surface area contributed by atoms with Gasteiger partial charge in [0.15, 0.2) is 0 Å². The van der Waals surface area contributed by atoms with Crippen molar-refractivity contribution in [3.63, 3.8) is 0 Å². The Balaban J connectivity index is 0.641. The van der Waals surface area contributed by atoms with Crippen molar-refractivity contribution >= 4 is 46.9 Å². The number of ether oxygens (including phenoxy) is 1. The monoisotopic (exact) mass is 895 g/mol. The summed E-state index contributed by atoms with van der Waals surface area (Å²) in [6.45, 7) is 13.6. The van der Waals surface area contributed by atoms with E-state index >= 15 is 0 Å². The predicted octanol–water partition coefficient (Wildman–Crippen LogP) is 5.81. The van der Waals surface area contributed by atoms with Crippen LogP contribution in [0.1, 0.15) is 95.5 Å². The summed E-state index contributed by atoms with van der Waals surface area (Å²) in [5, 5.41) is 12.2. The maximum Gasteiger partial charge on any atom is 0.262 e. The van der Waals surface area contributed by atoms with Crippen LogP contribution in [0.25, 0.3) is 0 Å². The lowest BCUT2D eigenvalue weighted by molar-refractivity contribution is -0.136. The number of carbonyl (C=O) groups excluding carboxylic acids is 4. The van der Waals surface area contributed by atoms with Crippen LogP contribution in [0.15, 0.2) is 72.9 Å². The number of carbonyl (C=O) groups is 4. The Bertz CT molecular complexity index is 2570. The molecule has 6 aliphatic rings. The minimum atomic E-state index is -0.956. The van der Waals surface area contributed by atoms with Crippen LogP contribution in [0.5, 0.6) is 5.75 Å². The summed E-state index contributed by atoms with van der Waals surface area (Å²) in [6, 6.07) is 22.8. The normalized spacial score (nSPS) is 21.8. The fourth-order valence-electron chi connectivity index (χ4n) is 10.9. The Hall–Kier alpha value is -5.88. The van der Waals surface area contributed by atoms with Gasteiger partial charge in [0.2, 0.25) is 17.8 Å². The number of rotatable bonds is 11. The number of imide groups is 2. The van der Waals surface area contributed by atoms with E-state index < -0.39 is 23.8 Å². The quantitative estimate of drug-likeness (QED) is 0.181. The third kappa shape index (κ3) is 8.46. The number of likely N-dealkylation sites (tertiary alicyclic amines) is 1. The number of amides is 4. The molecule has 0 radical (unpaired) electrons. The lowest BCUT2D eigenvalue weighted by Gasteiger charge is -2.57. The first-order valence-electron chi connectivity index (χ1n) is 22.9. The van der Waals surface area contributed by atoms with Crippen molar-refractivity contribution in [3.8, 4) is 11.8 Å². The molecule has 10 rings (SSSR count). The number of nitriles is 1. The Labute approximate surface area is 384 Å². The molecule has 14 nitrogen and oxygen atoms in total. The number of hydrogen-bond acceptors (Lipinski definition) is 12. The Kier molecular flexibility index (Phi) is 11.4. The molecular weight excluding hydrogens is 842 g/mol. The zero-order valence-electron chi connectivity index (χ0n) is 37.0. The fourth-order valence-corrected chi connectivity index (χ4v) is 11.2. The van der Waals surface area contributed by atoms with Crippen molar-refractivity contribution in [2.24, 2.45) is 11.3 Å². The van der Waals surface area contributed by atoms with E-state index in [0.717, 1.165) is 98.0 Å². The van der Waals surface area contributed by atoms with Crippen molar-refractivity contribution in [1.29, 1.82) is 5.26 Å². The van der Waals surface area contributed by atoms with Gasteiger partial charge >= 0.3 is 0 Å². The molecule has 65 heavy (non-hydrogen) atoms. The third-order valence-electron chi connectivity index (χ3n) is 15.0. The molecule has 1 unspecified atom stereocenters. The van der Waals surface area contributed by atoms with Crippen LogP contribution in [0.3, 0.4) is 0 Å². The molecule has 1 atom stereocenters. The Morgan fingerprint density at radius 3 is 2.32 bits per heavy atom. The van der Waals surface area contributed by atoms with Gasteiger partial charge in [-0.3, -0.25) is 34.3 Å². The van der Waals surface area contributed by atoms with Gasteiger partial charge < -0.3 is 19.4 Å². The standard InChI is InChI=1S/C50H54ClN9O5/c1-49(2,35-21-32(27-52)22-36(51)23-35)34-3-6-40(7-4-34)65-31-37-11-14-53-48(54-37)58-19-17-57(18-20-58)39-25-50(26-39)12-15-56(16-13-50)28-33-29-59(30-33)38-5-8-41-42(24-38)47(64)60(46(41)63)43-9-10-44(61)55-45(43)62/h3-8,11,14,21-24,33,39,43H,9-10,12-13,15-20,25-26,28-31H2,1-2H3,(H,55,61,62). The van der Waals surface area contributed by atoms with Crippen molar-refractivity contribution in [1.82, 2.24) is 30.0 Å². The summed E-state index contributed by atoms with van der Waals surface area (Å²) >= 11 is 6.31. The molecule has 5 aliphatic heterocycles. The molecule has 4 aromatic rings. The lowest BCUT2D eigenvalue weighted by Crippen LogP contribution is -2.60. The number of benzene rings is 3. The van der Waals surface area contributed by atoms with Gasteiger partial charge in [-0.05, 0) is 116 Å². The van der Waals surface area contributed by atoms with E-state index in [9.17, 15) is 24.4 Å². The predicted molar refractivity (Wildman–Crippen MR) is 245 cm³/mol. The Morgan fingerprint density at radius 1 is 0.862 bits per heavy atom. The summed E-state index contributed by atoms with van der Waals surface area (Å²) in [5.74, 6) is 0.155. The number of piperazine rings is 1. The van der Waals surface area contributed by atoms with Crippen LogP contribution in [0.2, 0.25) is 5.02 Å². The zero-order chi connectivity index (χ0) is 45.0. The molecule has 5 fully saturated rings. The molecule has 336 valence electrons. The first-order chi connectivity index (χ1) is 31.3. The highest BCUT2D eigenvalue weighted by Gasteiger charge is 2.49. The highest BCUT2D eigenvalue weighted by Crippen LogP contribution is 2.51. The fraction of sp³-hybridized carbons (Fsp3) is 0.460. The van der Waals surface area contributed by atoms with E-state index in [1.807, 2.05) is 42.6 Å². The highest BCUT2D eigenvalue weighted by atomic mass is 35.5. The van der Waals surface area contributed by atoms with E-state index in [1.165, 1.54) is 25.7 Å². The minimum absolute atomic E-state index is 0.104. The van der Waals surface area contributed by atoms with Crippen LogP contribution >= 0.6 is 11.6 Å². The largest absolute Gasteiger partial charge is 0.487 e. The van der Waals surface area contributed by atoms with Crippen LogP contribution in [0.4, 0.5) is 11.6 Å². The molecule has 1 aliphatic carbocycles. The van der Waals surface area contributed by atoms with Gasteiger partial charge in [-0.2, -0.15) is 5.26 Å². The number of hydrogen-bond donors (Lipinski definition) is 1. The summed E-state index contributed by atoms with van der Waals surface area (Å²) in [6.07, 6.45) is 7.15. The molecule has 1 spiro atoms. The minimum Gasteiger partial charge on any atom is -0.487 e. The number of anilines is 2. The number of fused-ring (bicyclic) bond motifs is 1. The van der Waals surface area contributed by atoms with E-state index in [-0.39, 0.29) is 24.2 Å². The molecule has 1 aromatic heterocycles. The smallest absolute Gasteiger partial charge is 0.262 e. The molecular formula is C50H54ClN9O5. The summed E-state index contributed by atoms with van der Waals surface area (Å²) in [7, 11) is 0. The molecule has 1 saturated carbocycles. The second-order valence-electron chi connectivity index (χ2n) is 19.5. The molecule has 15 heteroatoms. The van der Waals surface area contributed by atoms with Gasteiger partial charge in [0.25, 0.3) is 11.8 Å². The van der Waals surface area contributed by atoms with E-state index in [1.54, 1.807) is 18.2 Å². The SMILES string of the molecule is CC(C)(c1ccc(OCc2ccnc(N3CCN(C4CC5(CCN(CC6CN(c7ccc8c(c7)C(=O)N(C7CCC(=O)NC7=O)C8=O)C6)CC5)C4)CC3)n2)cc1)c1cc(Cl)cc(C#N)c1. The van der Waals surface area contributed by atoms with Gasteiger partial charge in [0.1, 0.15) is 18.4 Å². The average molecular weight is 896 g/mol.